The van der Waals surface area contributed by atoms with Gasteiger partial charge in [-0.05, 0) is 12.1 Å². The van der Waals surface area contributed by atoms with Crippen LogP contribution in [-0.2, 0) is 10.0 Å². The summed E-state index contributed by atoms with van der Waals surface area (Å²) in [4.78, 5) is 3.83. The molecule has 0 aliphatic carbocycles. The van der Waals surface area contributed by atoms with Gasteiger partial charge in [-0.25, -0.2) is 18.5 Å². The quantitative estimate of drug-likeness (QED) is 0.698. The van der Waals surface area contributed by atoms with Gasteiger partial charge in [0, 0.05) is 12.4 Å². The first kappa shape index (κ1) is 8.21. The molecule has 2 aromatic heterocycles. The average molecular weight is 197 g/mol. The summed E-state index contributed by atoms with van der Waals surface area (Å²) in [5.74, 6) is 0. The van der Waals surface area contributed by atoms with Gasteiger partial charge >= 0.3 is 0 Å². The maximum atomic E-state index is 10.9. The Balaban J connectivity index is 2.77. The molecule has 2 aromatic rings. The number of fused-ring (bicyclic) bond motifs is 1. The van der Waals surface area contributed by atoms with Gasteiger partial charge < -0.3 is 4.40 Å². The minimum Gasteiger partial charge on any atom is -0.306 e. The van der Waals surface area contributed by atoms with Gasteiger partial charge in [-0.1, -0.05) is 6.07 Å². The first-order valence-electron chi connectivity index (χ1n) is 3.54. The van der Waals surface area contributed by atoms with Crippen LogP contribution in [0.3, 0.4) is 0 Å². The van der Waals surface area contributed by atoms with E-state index >= 15 is 0 Å². The van der Waals surface area contributed by atoms with Crippen LogP contribution < -0.4 is 5.14 Å². The minimum absolute atomic E-state index is 0.112. The molecule has 0 amide bonds. The van der Waals surface area contributed by atoms with E-state index < -0.39 is 10.0 Å². The van der Waals surface area contributed by atoms with Gasteiger partial charge in [-0.2, -0.15) is 0 Å². The van der Waals surface area contributed by atoms with Crippen LogP contribution in [0.15, 0.2) is 35.6 Å². The molecule has 0 aliphatic rings. The van der Waals surface area contributed by atoms with Gasteiger partial charge in [0.2, 0.25) is 0 Å². The second-order valence-electron chi connectivity index (χ2n) is 2.59. The number of sulfonamides is 1. The Bertz CT molecular complexity index is 511. The molecule has 0 aliphatic heterocycles. The third-order valence-electron chi connectivity index (χ3n) is 1.63. The van der Waals surface area contributed by atoms with Crippen molar-refractivity contribution < 1.29 is 8.42 Å². The zero-order valence-corrected chi connectivity index (χ0v) is 7.40. The van der Waals surface area contributed by atoms with Crippen LogP contribution in [0.1, 0.15) is 0 Å². The van der Waals surface area contributed by atoms with Crippen LogP contribution in [0, 0.1) is 0 Å². The lowest BCUT2D eigenvalue weighted by molar-refractivity contribution is 0.595. The molecule has 0 saturated heterocycles. The number of aromatic nitrogens is 2. The molecule has 0 fully saturated rings. The van der Waals surface area contributed by atoms with Gasteiger partial charge in [-0.3, -0.25) is 0 Å². The number of nitrogens with zero attached hydrogens (tertiary/aromatic N) is 2. The normalized spacial score (nSPS) is 12.1. The van der Waals surface area contributed by atoms with Crippen molar-refractivity contribution in [2.75, 3.05) is 0 Å². The lowest BCUT2D eigenvalue weighted by atomic mass is 10.5. The fraction of sp³-hybridized carbons (Fsp3) is 0. The van der Waals surface area contributed by atoms with Crippen LogP contribution in [0.2, 0.25) is 0 Å². The Hall–Kier alpha value is -1.40. The summed E-state index contributed by atoms with van der Waals surface area (Å²) >= 11 is 0. The Morgan fingerprint density at radius 2 is 2.15 bits per heavy atom. The van der Waals surface area contributed by atoms with Crippen molar-refractivity contribution in [1.82, 2.24) is 9.38 Å². The number of pyridine rings is 1. The van der Waals surface area contributed by atoms with Crippen molar-refractivity contribution >= 4 is 15.7 Å². The molecule has 0 spiro atoms. The Kier molecular flexibility index (Phi) is 1.61. The summed E-state index contributed by atoms with van der Waals surface area (Å²) in [6, 6.07) is 5.26. The lowest BCUT2D eigenvalue weighted by Crippen LogP contribution is -2.12. The van der Waals surface area contributed by atoms with Crippen molar-refractivity contribution in [3.05, 3.63) is 30.6 Å². The summed E-state index contributed by atoms with van der Waals surface area (Å²) < 4.78 is 23.4. The molecule has 0 unspecified atom stereocenters. The van der Waals surface area contributed by atoms with Gasteiger partial charge in [0.15, 0.2) is 5.03 Å². The van der Waals surface area contributed by atoms with Crippen LogP contribution in [-0.4, -0.2) is 17.8 Å². The van der Waals surface area contributed by atoms with E-state index in [4.69, 9.17) is 5.14 Å². The zero-order chi connectivity index (χ0) is 9.47. The van der Waals surface area contributed by atoms with E-state index in [0.29, 0.717) is 5.65 Å². The second-order valence-corrected chi connectivity index (χ2v) is 4.10. The lowest BCUT2D eigenvalue weighted by Gasteiger charge is -1.86. The molecule has 68 valence electrons. The number of rotatable bonds is 1. The molecule has 0 aromatic carbocycles. The first-order valence-corrected chi connectivity index (χ1v) is 5.08. The molecule has 13 heavy (non-hydrogen) atoms. The molecule has 6 heteroatoms. The van der Waals surface area contributed by atoms with Crippen molar-refractivity contribution in [3.63, 3.8) is 0 Å². The SMILES string of the molecule is NS(=O)(=O)c1cn2ccccc2n1. The van der Waals surface area contributed by atoms with Gasteiger partial charge in [-0.15, -0.1) is 0 Å². The standard InChI is InChI=1S/C7H7N3O2S/c8-13(11,12)7-5-10-4-2-1-3-6(10)9-7/h1-5H,(H2,8,11,12). The van der Waals surface area contributed by atoms with E-state index in [1.807, 2.05) is 0 Å². The number of nitrogens with two attached hydrogens (primary N) is 1. The summed E-state index contributed by atoms with van der Waals surface area (Å²) in [6.45, 7) is 0. The fourth-order valence-corrected chi connectivity index (χ4v) is 1.53. The fourth-order valence-electron chi connectivity index (χ4n) is 1.05. The molecule has 0 saturated carbocycles. The van der Waals surface area contributed by atoms with Crippen molar-refractivity contribution in [2.45, 2.75) is 5.03 Å². The highest BCUT2D eigenvalue weighted by Crippen LogP contribution is 2.07. The number of hydrogen-bond acceptors (Lipinski definition) is 3. The van der Waals surface area contributed by atoms with E-state index in [-0.39, 0.29) is 5.03 Å². The first-order chi connectivity index (χ1) is 6.07. The maximum Gasteiger partial charge on any atom is 0.257 e. The molecule has 0 radical (unpaired) electrons. The number of hydrogen-bond donors (Lipinski definition) is 1. The average Bonchev–Trinajstić information content (AvgIpc) is 2.45. The van der Waals surface area contributed by atoms with Crippen molar-refractivity contribution in [3.8, 4) is 0 Å². The van der Waals surface area contributed by atoms with E-state index in [1.54, 1.807) is 28.8 Å². The molecule has 2 N–H and O–H groups in total. The molecule has 0 atom stereocenters. The van der Waals surface area contributed by atoms with Crippen LogP contribution in [0.25, 0.3) is 5.65 Å². The largest absolute Gasteiger partial charge is 0.306 e. The molecule has 5 nitrogen and oxygen atoms in total. The zero-order valence-electron chi connectivity index (χ0n) is 6.58. The predicted octanol–water partition coefficient (Wildman–Crippen LogP) is -0.0183. The maximum absolute atomic E-state index is 10.9. The summed E-state index contributed by atoms with van der Waals surface area (Å²) in [5.41, 5.74) is 0.562. The molecule has 0 bridgehead atoms. The van der Waals surface area contributed by atoms with E-state index in [0.717, 1.165) is 0 Å². The molecule has 2 heterocycles. The van der Waals surface area contributed by atoms with Crippen molar-refractivity contribution in [1.29, 1.82) is 0 Å². The smallest absolute Gasteiger partial charge is 0.257 e. The third-order valence-corrected chi connectivity index (χ3v) is 2.41. The van der Waals surface area contributed by atoms with Gasteiger partial charge in [0.05, 0.1) is 0 Å². The van der Waals surface area contributed by atoms with Crippen LogP contribution in [0.5, 0.6) is 0 Å². The highest BCUT2D eigenvalue weighted by molar-refractivity contribution is 7.89. The Morgan fingerprint density at radius 1 is 1.38 bits per heavy atom. The Labute approximate surface area is 74.9 Å². The molecular formula is C7H7N3O2S. The highest BCUT2D eigenvalue weighted by Gasteiger charge is 2.11. The number of primary sulfonamides is 1. The monoisotopic (exact) mass is 197 g/mol. The van der Waals surface area contributed by atoms with Crippen molar-refractivity contribution in [2.24, 2.45) is 5.14 Å². The summed E-state index contributed by atoms with van der Waals surface area (Å²) in [7, 11) is -3.70. The molecular weight excluding hydrogens is 190 g/mol. The molecule has 2 rings (SSSR count). The van der Waals surface area contributed by atoms with Crippen LogP contribution >= 0.6 is 0 Å². The third kappa shape index (κ3) is 1.41. The predicted molar refractivity (Wildman–Crippen MR) is 46.6 cm³/mol. The topological polar surface area (TPSA) is 77.5 Å². The summed E-state index contributed by atoms with van der Waals surface area (Å²) in [6.07, 6.45) is 3.08. The van der Waals surface area contributed by atoms with E-state index in [9.17, 15) is 8.42 Å². The highest BCUT2D eigenvalue weighted by atomic mass is 32.2. The minimum atomic E-state index is -3.70. The number of imidazole rings is 1. The van der Waals surface area contributed by atoms with Gasteiger partial charge in [0.1, 0.15) is 5.65 Å². The van der Waals surface area contributed by atoms with Gasteiger partial charge in [0.25, 0.3) is 10.0 Å². The van der Waals surface area contributed by atoms with Crippen LogP contribution in [0.4, 0.5) is 0 Å². The van der Waals surface area contributed by atoms with E-state index in [1.165, 1.54) is 6.20 Å². The van der Waals surface area contributed by atoms with E-state index in [2.05, 4.69) is 4.98 Å². The Morgan fingerprint density at radius 3 is 2.77 bits per heavy atom. The second kappa shape index (κ2) is 2.54. The summed E-state index contributed by atoms with van der Waals surface area (Å²) in [5, 5.41) is 4.80.